The lowest BCUT2D eigenvalue weighted by atomic mass is 10.2. The number of rotatable bonds is 2. The fourth-order valence-corrected chi connectivity index (χ4v) is 1.12. The molecule has 1 saturated heterocycles. The summed E-state index contributed by atoms with van der Waals surface area (Å²) < 4.78 is 14.7. The topological polar surface area (TPSA) is 65.1 Å². The van der Waals surface area contributed by atoms with E-state index in [1.165, 1.54) is 19.1 Å². The number of epoxide rings is 1. The Labute approximate surface area is 98.0 Å². The maximum atomic E-state index is 10.9. The summed E-state index contributed by atoms with van der Waals surface area (Å²) in [5.41, 5.74) is 0.456. The Hall–Kier alpha value is -2.06. The Balaban J connectivity index is 2.12. The smallest absolute Gasteiger partial charge is 0.336 e. The van der Waals surface area contributed by atoms with Crippen molar-refractivity contribution in [3.05, 3.63) is 23.5 Å². The standard InChI is InChI=1S/C12H10O5/c1-8(13)15-6-9(2-3-10-7-16-10)11-4-5-12(14)17-11/h4-5,10H,6-7H2,1H3/b11-9+. The molecule has 5 heteroatoms. The molecule has 2 aliphatic heterocycles. The molecule has 0 amide bonds. The Morgan fingerprint density at radius 1 is 1.59 bits per heavy atom. The van der Waals surface area contributed by atoms with Gasteiger partial charge in [0.05, 0.1) is 12.2 Å². The van der Waals surface area contributed by atoms with Gasteiger partial charge in [-0.2, -0.15) is 0 Å². The number of hydrogen-bond donors (Lipinski definition) is 0. The SMILES string of the molecule is CC(=O)OC/C(C#CC1CO1)=C1\C=CC(=O)O1. The first-order valence-corrected chi connectivity index (χ1v) is 5.04. The summed E-state index contributed by atoms with van der Waals surface area (Å²) in [5.74, 6) is 5.08. The van der Waals surface area contributed by atoms with Crippen molar-refractivity contribution in [1.82, 2.24) is 0 Å². The molecule has 0 spiro atoms. The quantitative estimate of drug-likeness (QED) is 0.391. The highest BCUT2D eigenvalue weighted by atomic mass is 16.6. The van der Waals surface area contributed by atoms with Gasteiger partial charge < -0.3 is 14.2 Å². The zero-order valence-electron chi connectivity index (χ0n) is 9.19. The molecule has 0 bridgehead atoms. The Morgan fingerprint density at radius 3 is 2.88 bits per heavy atom. The van der Waals surface area contributed by atoms with Crippen molar-refractivity contribution >= 4 is 11.9 Å². The molecule has 88 valence electrons. The summed E-state index contributed by atoms with van der Waals surface area (Å²) in [4.78, 5) is 21.7. The summed E-state index contributed by atoms with van der Waals surface area (Å²) in [6, 6.07) is 0. The van der Waals surface area contributed by atoms with E-state index >= 15 is 0 Å². The van der Waals surface area contributed by atoms with Crippen LogP contribution in [-0.2, 0) is 23.8 Å². The zero-order valence-corrected chi connectivity index (χ0v) is 9.19. The molecule has 0 aliphatic carbocycles. The molecule has 2 rings (SSSR count). The number of ether oxygens (including phenoxy) is 3. The summed E-state index contributed by atoms with van der Waals surface area (Å²) in [7, 11) is 0. The highest BCUT2D eigenvalue weighted by molar-refractivity contribution is 5.87. The van der Waals surface area contributed by atoms with Crippen LogP contribution in [0.4, 0.5) is 0 Å². The van der Waals surface area contributed by atoms with Crippen LogP contribution in [0.5, 0.6) is 0 Å². The fourth-order valence-electron chi connectivity index (χ4n) is 1.12. The van der Waals surface area contributed by atoms with Crippen molar-refractivity contribution in [3.8, 4) is 11.8 Å². The number of allylic oxidation sites excluding steroid dienone is 1. The zero-order chi connectivity index (χ0) is 12.3. The Morgan fingerprint density at radius 2 is 2.35 bits per heavy atom. The lowest BCUT2D eigenvalue weighted by molar-refractivity contribution is -0.139. The van der Waals surface area contributed by atoms with Crippen molar-refractivity contribution in [2.45, 2.75) is 13.0 Å². The first-order chi connectivity index (χ1) is 8.15. The van der Waals surface area contributed by atoms with Crippen LogP contribution in [0.3, 0.4) is 0 Å². The number of carbonyl (C=O) groups excluding carboxylic acids is 2. The van der Waals surface area contributed by atoms with E-state index in [1.54, 1.807) is 0 Å². The maximum absolute atomic E-state index is 10.9. The largest absolute Gasteiger partial charge is 0.460 e. The average molecular weight is 234 g/mol. The predicted octanol–water partition coefficient (Wildman–Crippen LogP) is 0.319. The first-order valence-electron chi connectivity index (χ1n) is 5.04. The van der Waals surface area contributed by atoms with Crippen LogP contribution in [0.1, 0.15) is 6.92 Å². The van der Waals surface area contributed by atoms with Crippen molar-refractivity contribution in [3.63, 3.8) is 0 Å². The van der Waals surface area contributed by atoms with E-state index < -0.39 is 11.9 Å². The van der Waals surface area contributed by atoms with E-state index in [9.17, 15) is 9.59 Å². The molecular formula is C12H10O5. The van der Waals surface area contributed by atoms with Crippen LogP contribution in [0.15, 0.2) is 23.5 Å². The molecule has 0 N–H and O–H groups in total. The minimum Gasteiger partial charge on any atom is -0.460 e. The van der Waals surface area contributed by atoms with Crippen LogP contribution in [0, 0.1) is 11.8 Å². The molecule has 1 atom stereocenters. The highest BCUT2D eigenvalue weighted by Crippen LogP contribution is 2.15. The normalized spacial score (nSPS) is 23.6. The van der Waals surface area contributed by atoms with E-state index in [4.69, 9.17) is 14.2 Å². The molecule has 0 radical (unpaired) electrons. The Kier molecular flexibility index (Phi) is 3.26. The van der Waals surface area contributed by atoms with Gasteiger partial charge in [-0.25, -0.2) is 4.79 Å². The van der Waals surface area contributed by atoms with Crippen molar-refractivity contribution in [1.29, 1.82) is 0 Å². The monoisotopic (exact) mass is 234 g/mol. The number of hydrogen-bond acceptors (Lipinski definition) is 5. The molecule has 2 aliphatic rings. The molecular weight excluding hydrogens is 224 g/mol. The van der Waals surface area contributed by atoms with Gasteiger partial charge in [0.25, 0.3) is 0 Å². The molecule has 17 heavy (non-hydrogen) atoms. The van der Waals surface area contributed by atoms with Crippen LogP contribution in [0.25, 0.3) is 0 Å². The van der Waals surface area contributed by atoms with Crippen molar-refractivity contribution < 1.29 is 23.8 Å². The van der Waals surface area contributed by atoms with Gasteiger partial charge in [0.2, 0.25) is 0 Å². The lowest BCUT2D eigenvalue weighted by Crippen LogP contribution is -2.05. The fraction of sp³-hybridized carbons (Fsp3) is 0.333. The summed E-state index contributed by atoms with van der Waals surface area (Å²) >= 11 is 0. The van der Waals surface area contributed by atoms with Gasteiger partial charge in [0, 0.05) is 13.0 Å². The van der Waals surface area contributed by atoms with Gasteiger partial charge in [0.1, 0.15) is 18.5 Å². The summed E-state index contributed by atoms with van der Waals surface area (Å²) in [6.45, 7) is 1.90. The second-order valence-corrected chi connectivity index (χ2v) is 3.47. The van der Waals surface area contributed by atoms with E-state index in [-0.39, 0.29) is 12.7 Å². The van der Waals surface area contributed by atoms with E-state index in [2.05, 4.69) is 11.8 Å². The minimum absolute atomic E-state index is 0.0119. The molecule has 0 saturated carbocycles. The maximum Gasteiger partial charge on any atom is 0.336 e. The molecule has 5 nitrogen and oxygen atoms in total. The Bertz CT molecular complexity index is 471. The van der Waals surface area contributed by atoms with Gasteiger partial charge in [-0.05, 0) is 6.08 Å². The van der Waals surface area contributed by atoms with E-state index in [0.717, 1.165) is 0 Å². The lowest BCUT2D eigenvalue weighted by Gasteiger charge is -2.03. The minimum atomic E-state index is -0.454. The summed E-state index contributed by atoms with van der Waals surface area (Å²) in [6.07, 6.45) is 2.73. The number of cyclic esters (lactones) is 1. The van der Waals surface area contributed by atoms with Gasteiger partial charge in [-0.1, -0.05) is 11.8 Å². The van der Waals surface area contributed by atoms with E-state index in [0.29, 0.717) is 17.9 Å². The average Bonchev–Trinajstić information content (AvgIpc) is 3.00. The number of carbonyl (C=O) groups is 2. The van der Waals surface area contributed by atoms with Crippen LogP contribution < -0.4 is 0 Å². The molecule has 1 unspecified atom stereocenters. The summed E-state index contributed by atoms with van der Waals surface area (Å²) in [5, 5.41) is 0. The van der Waals surface area contributed by atoms with Gasteiger partial charge in [-0.15, -0.1) is 0 Å². The van der Waals surface area contributed by atoms with Crippen molar-refractivity contribution in [2.24, 2.45) is 0 Å². The third-order valence-corrected chi connectivity index (χ3v) is 2.02. The van der Waals surface area contributed by atoms with Crippen LogP contribution >= 0.6 is 0 Å². The highest BCUT2D eigenvalue weighted by Gasteiger charge is 2.20. The molecule has 2 heterocycles. The van der Waals surface area contributed by atoms with Crippen molar-refractivity contribution in [2.75, 3.05) is 13.2 Å². The van der Waals surface area contributed by atoms with Crippen LogP contribution in [0.2, 0.25) is 0 Å². The van der Waals surface area contributed by atoms with E-state index in [1.807, 2.05) is 0 Å². The van der Waals surface area contributed by atoms with Gasteiger partial charge in [-0.3, -0.25) is 4.79 Å². The van der Waals surface area contributed by atoms with Crippen LogP contribution in [-0.4, -0.2) is 31.3 Å². The van der Waals surface area contributed by atoms with Gasteiger partial charge in [0.15, 0.2) is 0 Å². The second kappa shape index (κ2) is 4.85. The third-order valence-electron chi connectivity index (χ3n) is 2.02. The molecule has 0 aromatic rings. The molecule has 1 fully saturated rings. The molecule has 0 aromatic heterocycles. The molecule has 0 aromatic carbocycles. The number of esters is 2. The van der Waals surface area contributed by atoms with Gasteiger partial charge >= 0.3 is 11.9 Å². The predicted molar refractivity (Wildman–Crippen MR) is 56.4 cm³/mol. The third kappa shape index (κ3) is 3.47. The first kappa shape index (κ1) is 11.4. The second-order valence-electron chi connectivity index (χ2n) is 3.47.